The highest BCUT2D eigenvalue weighted by molar-refractivity contribution is 6.17. The first-order valence-corrected chi connectivity index (χ1v) is 6.92. The molecule has 1 heterocycles. The number of nitro groups is 1. The van der Waals surface area contributed by atoms with Crippen molar-refractivity contribution in [2.75, 3.05) is 5.88 Å². The second-order valence-electron chi connectivity index (χ2n) is 4.47. The Kier molecular flexibility index (Phi) is 4.74. The summed E-state index contributed by atoms with van der Waals surface area (Å²) in [5, 5.41) is 16.0. The molecule has 0 fully saturated rings. The van der Waals surface area contributed by atoms with Gasteiger partial charge in [-0.2, -0.15) is 5.10 Å². The number of benzene rings is 1. The van der Waals surface area contributed by atoms with E-state index < -0.39 is 0 Å². The average Bonchev–Trinajstić information content (AvgIpc) is 2.81. The van der Waals surface area contributed by atoms with Crippen molar-refractivity contribution in [3.8, 4) is 0 Å². The van der Waals surface area contributed by atoms with Gasteiger partial charge in [-0.1, -0.05) is 12.8 Å². The number of aryl methyl sites for hydroxylation is 1. The van der Waals surface area contributed by atoms with Gasteiger partial charge in [0.1, 0.15) is 0 Å². The van der Waals surface area contributed by atoms with Crippen LogP contribution in [0, 0.1) is 10.1 Å². The molecule has 0 saturated carbocycles. The Morgan fingerprint density at radius 2 is 2.05 bits per heavy atom. The lowest BCUT2D eigenvalue weighted by atomic mass is 10.2. The maximum atomic E-state index is 10.8. The Morgan fingerprint density at radius 3 is 2.79 bits per heavy atom. The molecule has 5 nitrogen and oxygen atoms in total. The van der Waals surface area contributed by atoms with Crippen LogP contribution in [0.1, 0.15) is 25.7 Å². The molecule has 19 heavy (non-hydrogen) atoms. The van der Waals surface area contributed by atoms with Crippen LogP contribution in [0.15, 0.2) is 24.4 Å². The van der Waals surface area contributed by atoms with Crippen LogP contribution >= 0.6 is 11.6 Å². The van der Waals surface area contributed by atoms with Crippen molar-refractivity contribution in [2.24, 2.45) is 0 Å². The van der Waals surface area contributed by atoms with Crippen LogP contribution in [-0.2, 0) is 6.54 Å². The Bertz CT molecular complexity index is 568. The Labute approximate surface area is 116 Å². The van der Waals surface area contributed by atoms with Crippen molar-refractivity contribution < 1.29 is 4.92 Å². The number of nitrogens with zero attached hydrogens (tertiary/aromatic N) is 3. The van der Waals surface area contributed by atoms with E-state index in [9.17, 15) is 10.1 Å². The lowest BCUT2D eigenvalue weighted by Crippen LogP contribution is -2.00. The maximum absolute atomic E-state index is 10.8. The molecular formula is C13H16ClN3O2. The van der Waals surface area contributed by atoms with E-state index in [4.69, 9.17) is 11.6 Å². The molecule has 0 atom stereocenters. The number of aromatic nitrogens is 2. The number of hydrogen-bond donors (Lipinski definition) is 0. The molecule has 0 saturated heterocycles. The van der Waals surface area contributed by atoms with Gasteiger partial charge < -0.3 is 0 Å². The Balaban J connectivity index is 2.06. The number of non-ortho nitro benzene ring substituents is 1. The summed E-state index contributed by atoms with van der Waals surface area (Å²) < 4.78 is 1.84. The van der Waals surface area contributed by atoms with E-state index in [2.05, 4.69) is 5.10 Å². The van der Waals surface area contributed by atoms with E-state index in [0.29, 0.717) is 5.88 Å². The predicted molar refractivity (Wildman–Crippen MR) is 75.6 cm³/mol. The molecule has 6 heteroatoms. The summed E-state index contributed by atoms with van der Waals surface area (Å²) in [5.74, 6) is 0.705. The number of nitro benzene ring substituents is 1. The molecule has 0 unspecified atom stereocenters. The van der Waals surface area contributed by atoms with E-state index in [1.807, 2.05) is 4.68 Å². The summed E-state index contributed by atoms with van der Waals surface area (Å²) >= 11 is 5.62. The van der Waals surface area contributed by atoms with Crippen LogP contribution in [0.5, 0.6) is 0 Å². The van der Waals surface area contributed by atoms with E-state index in [1.165, 1.54) is 6.07 Å². The SMILES string of the molecule is O=[N+]([O-])c1ccc2cnn(CCCCCCCl)c2c1. The number of unbranched alkanes of at least 4 members (excludes halogenated alkanes) is 3. The third-order valence-electron chi connectivity index (χ3n) is 3.09. The van der Waals surface area contributed by atoms with Gasteiger partial charge in [-0.15, -0.1) is 11.6 Å². The zero-order valence-corrected chi connectivity index (χ0v) is 11.3. The van der Waals surface area contributed by atoms with Gasteiger partial charge in [0.2, 0.25) is 0 Å². The fourth-order valence-corrected chi connectivity index (χ4v) is 2.25. The topological polar surface area (TPSA) is 61.0 Å². The number of rotatable bonds is 7. The van der Waals surface area contributed by atoms with E-state index in [0.717, 1.165) is 43.1 Å². The summed E-state index contributed by atoms with van der Waals surface area (Å²) in [4.78, 5) is 10.4. The van der Waals surface area contributed by atoms with Gasteiger partial charge in [0.25, 0.3) is 5.69 Å². The molecule has 0 radical (unpaired) electrons. The first-order chi connectivity index (χ1) is 9.22. The zero-order chi connectivity index (χ0) is 13.7. The minimum Gasteiger partial charge on any atom is -0.265 e. The highest BCUT2D eigenvalue weighted by Crippen LogP contribution is 2.21. The molecule has 1 aromatic carbocycles. The summed E-state index contributed by atoms with van der Waals surface area (Å²) in [5.41, 5.74) is 0.933. The van der Waals surface area contributed by atoms with Crippen LogP contribution in [0.25, 0.3) is 10.9 Å². The van der Waals surface area contributed by atoms with E-state index in [1.54, 1.807) is 18.3 Å². The third kappa shape index (κ3) is 3.44. The minimum atomic E-state index is -0.378. The smallest absolute Gasteiger partial charge is 0.265 e. The molecule has 0 N–H and O–H groups in total. The van der Waals surface area contributed by atoms with Gasteiger partial charge in [0.05, 0.1) is 16.6 Å². The first-order valence-electron chi connectivity index (χ1n) is 6.38. The maximum Gasteiger partial charge on any atom is 0.271 e. The van der Waals surface area contributed by atoms with Gasteiger partial charge in [-0.3, -0.25) is 14.8 Å². The van der Waals surface area contributed by atoms with Crippen LogP contribution in [0.2, 0.25) is 0 Å². The second kappa shape index (κ2) is 6.52. The second-order valence-corrected chi connectivity index (χ2v) is 4.85. The fourth-order valence-electron chi connectivity index (χ4n) is 2.06. The zero-order valence-electron chi connectivity index (χ0n) is 10.6. The highest BCUT2D eigenvalue weighted by Gasteiger charge is 2.09. The van der Waals surface area contributed by atoms with Gasteiger partial charge >= 0.3 is 0 Å². The van der Waals surface area contributed by atoms with Crippen molar-refractivity contribution in [2.45, 2.75) is 32.2 Å². The average molecular weight is 282 g/mol. The highest BCUT2D eigenvalue weighted by atomic mass is 35.5. The van der Waals surface area contributed by atoms with Crippen LogP contribution in [0.4, 0.5) is 5.69 Å². The molecule has 0 spiro atoms. The number of hydrogen-bond acceptors (Lipinski definition) is 3. The summed E-state index contributed by atoms with van der Waals surface area (Å²) in [6.45, 7) is 0.785. The molecule has 102 valence electrons. The normalized spacial score (nSPS) is 11.0. The molecule has 0 aliphatic carbocycles. The molecule has 0 bridgehead atoms. The van der Waals surface area contributed by atoms with Crippen molar-refractivity contribution in [1.82, 2.24) is 9.78 Å². The van der Waals surface area contributed by atoms with Crippen molar-refractivity contribution >= 4 is 28.2 Å². The first kappa shape index (κ1) is 13.8. The Hall–Kier alpha value is -1.62. The fraction of sp³-hybridized carbons (Fsp3) is 0.462. The Morgan fingerprint density at radius 1 is 1.26 bits per heavy atom. The lowest BCUT2D eigenvalue weighted by Gasteiger charge is -2.03. The molecule has 0 aliphatic rings. The standard InChI is InChI=1S/C13H16ClN3O2/c14-7-3-1-2-4-8-16-13-9-12(17(18)19)6-5-11(13)10-15-16/h5-6,9-10H,1-4,7-8H2. The number of alkyl halides is 1. The largest absolute Gasteiger partial charge is 0.271 e. The summed E-state index contributed by atoms with van der Waals surface area (Å²) in [7, 11) is 0. The summed E-state index contributed by atoms with van der Waals surface area (Å²) in [6, 6.07) is 4.83. The number of halogens is 1. The van der Waals surface area contributed by atoms with E-state index >= 15 is 0 Å². The third-order valence-corrected chi connectivity index (χ3v) is 3.36. The van der Waals surface area contributed by atoms with Crippen LogP contribution in [-0.4, -0.2) is 20.6 Å². The predicted octanol–water partition coefficient (Wildman–Crippen LogP) is 3.74. The quantitative estimate of drug-likeness (QED) is 0.336. The molecule has 1 aromatic heterocycles. The molecule has 2 rings (SSSR count). The van der Waals surface area contributed by atoms with Gasteiger partial charge in [0, 0.05) is 29.9 Å². The van der Waals surface area contributed by atoms with Gasteiger partial charge in [-0.05, 0) is 18.9 Å². The van der Waals surface area contributed by atoms with Gasteiger partial charge in [0.15, 0.2) is 0 Å². The van der Waals surface area contributed by atoms with Gasteiger partial charge in [-0.25, -0.2) is 0 Å². The van der Waals surface area contributed by atoms with Crippen LogP contribution < -0.4 is 0 Å². The molecule has 0 aliphatic heterocycles. The van der Waals surface area contributed by atoms with Crippen molar-refractivity contribution in [3.05, 3.63) is 34.5 Å². The monoisotopic (exact) mass is 281 g/mol. The van der Waals surface area contributed by atoms with E-state index in [-0.39, 0.29) is 10.6 Å². The molecular weight excluding hydrogens is 266 g/mol. The molecule has 2 aromatic rings. The minimum absolute atomic E-state index is 0.108. The van der Waals surface area contributed by atoms with Crippen molar-refractivity contribution in [1.29, 1.82) is 0 Å². The van der Waals surface area contributed by atoms with Crippen LogP contribution in [0.3, 0.4) is 0 Å². The lowest BCUT2D eigenvalue weighted by molar-refractivity contribution is -0.384. The number of fused-ring (bicyclic) bond motifs is 1. The molecule has 0 amide bonds. The summed E-state index contributed by atoms with van der Waals surface area (Å²) in [6.07, 6.45) is 6.01. The van der Waals surface area contributed by atoms with Crippen molar-refractivity contribution in [3.63, 3.8) is 0 Å².